The molecule has 1 unspecified atom stereocenters. The minimum Gasteiger partial charge on any atom is -0.375 e. The number of halogens is 3. The molecule has 1 aliphatic rings. The van der Waals surface area contributed by atoms with Crippen LogP contribution in [-0.4, -0.2) is 16.8 Å². The summed E-state index contributed by atoms with van der Waals surface area (Å²) < 4.78 is 0. The summed E-state index contributed by atoms with van der Waals surface area (Å²) in [5.74, 6) is -1.22. The first-order valence-corrected chi connectivity index (χ1v) is 7.78. The van der Waals surface area contributed by atoms with E-state index in [-0.39, 0.29) is 31.9 Å². The summed E-state index contributed by atoms with van der Waals surface area (Å²) in [4.78, 5) is 24.7. The highest BCUT2D eigenvalue weighted by atomic mass is 35.5. The van der Waals surface area contributed by atoms with Gasteiger partial charge in [0.1, 0.15) is 0 Å². The Labute approximate surface area is 147 Å². The predicted molar refractivity (Wildman–Crippen MR) is 89.4 cm³/mol. The number of hydrogen-bond acceptors (Lipinski definition) is 3. The number of carbonyl (C=O) groups excluding carboxylic acids is 2. The van der Waals surface area contributed by atoms with Crippen LogP contribution in [0.3, 0.4) is 0 Å². The Kier molecular flexibility index (Phi) is 4.10. The van der Waals surface area contributed by atoms with Crippen LogP contribution in [0, 0.1) is 0 Å². The lowest BCUT2D eigenvalue weighted by Gasteiger charge is -2.21. The third-order valence-electron chi connectivity index (χ3n) is 3.72. The van der Waals surface area contributed by atoms with Gasteiger partial charge in [0, 0.05) is 16.1 Å². The van der Waals surface area contributed by atoms with Gasteiger partial charge in [-0.3, -0.25) is 9.59 Å². The van der Waals surface area contributed by atoms with Crippen LogP contribution in [0.25, 0.3) is 0 Å². The van der Waals surface area contributed by atoms with Gasteiger partial charge in [-0.2, -0.15) is 0 Å². The molecule has 0 aliphatic carbocycles. The number of nitrogens with one attached hydrogen (secondary N) is 1. The lowest BCUT2D eigenvalue weighted by molar-refractivity contribution is -0.133. The van der Waals surface area contributed by atoms with E-state index in [4.69, 9.17) is 34.8 Å². The maximum atomic E-state index is 12.5. The maximum absolute atomic E-state index is 12.5. The fourth-order valence-electron chi connectivity index (χ4n) is 2.59. The summed E-state index contributed by atoms with van der Waals surface area (Å²) >= 11 is 18.1. The van der Waals surface area contributed by atoms with E-state index in [9.17, 15) is 14.7 Å². The molecule has 3 rings (SSSR count). The van der Waals surface area contributed by atoms with Gasteiger partial charge < -0.3 is 10.4 Å². The average Bonchev–Trinajstić information content (AvgIpc) is 2.76. The molecule has 4 nitrogen and oxygen atoms in total. The summed E-state index contributed by atoms with van der Waals surface area (Å²) in [7, 11) is 0. The second kappa shape index (κ2) is 5.80. The number of Topliss-reactive ketones (excluding diaryl/α,β-unsaturated/α-hetero) is 1. The lowest BCUT2D eigenvalue weighted by Crippen LogP contribution is -2.36. The highest BCUT2D eigenvalue weighted by Gasteiger charge is 2.49. The van der Waals surface area contributed by atoms with Crippen molar-refractivity contribution in [1.29, 1.82) is 0 Å². The van der Waals surface area contributed by atoms with Gasteiger partial charge in [0.2, 0.25) is 0 Å². The molecule has 0 bridgehead atoms. The molecule has 23 heavy (non-hydrogen) atoms. The molecule has 1 heterocycles. The molecule has 2 aromatic carbocycles. The van der Waals surface area contributed by atoms with E-state index in [0.717, 1.165) is 0 Å². The number of fused-ring (bicyclic) bond motifs is 1. The molecule has 0 spiro atoms. The summed E-state index contributed by atoms with van der Waals surface area (Å²) in [5.41, 5.74) is -1.54. The number of anilines is 1. The summed E-state index contributed by atoms with van der Waals surface area (Å²) in [5, 5.41) is 13.9. The Morgan fingerprint density at radius 3 is 2.39 bits per heavy atom. The molecule has 0 saturated heterocycles. The van der Waals surface area contributed by atoms with Crippen molar-refractivity contribution in [3.05, 3.63) is 62.6 Å². The SMILES string of the molecule is O=C(CC1(O)C(=O)Nc2c(Cl)ccc(Cl)c21)c1ccccc1Cl. The summed E-state index contributed by atoms with van der Waals surface area (Å²) in [6, 6.07) is 9.39. The van der Waals surface area contributed by atoms with Gasteiger partial charge in [-0.25, -0.2) is 0 Å². The van der Waals surface area contributed by atoms with Crippen molar-refractivity contribution in [2.75, 3.05) is 5.32 Å². The molecular formula is C16H10Cl3NO3. The second-order valence-electron chi connectivity index (χ2n) is 5.17. The Morgan fingerprint density at radius 2 is 1.70 bits per heavy atom. The minimum absolute atomic E-state index is 0.108. The topological polar surface area (TPSA) is 66.4 Å². The van der Waals surface area contributed by atoms with Crippen molar-refractivity contribution >= 4 is 52.2 Å². The zero-order valence-corrected chi connectivity index (χ0v) is 13.8. The molecule has 7 heteroatoms. The van der Waals surface area contributed by atoms with Crippen molar-refractivity contribution in [2.24, 2.45) is 0 Å². The van der Waals surface area contributed by atoms with Crippen LogP contribution in [-0.2, 0) is 10.4 Å². The van der Waals surface area contributed by atoms with Crippen LogP contribution < -0.4 is 5.32 Å². The van der Waals surface area contributed by atoms with Crippen LogP contribution in [0.15, 0.2) is 36.4 Å². The maximum Gasteiger partial charge on any atom is 0.261 e. The van der Waals surface area contributed by atoms with Crippen LogP contribution in [0.2, 0.25) is 15.1 Å². The van der Waals surface area contributed by atoms with Crippen LogP contribution in [0.1, 0.15) is 22.3 Å². The number of aliphatic hydroxyl groups is 1. The van der Waals surface area contributed by atoms with E-state index in [1.807, 2.05) is 0 Å². The average molecular weight is 371 g/mol. The number of ketones is 1. The van der Waals surface area contributed by atoms with E-state index in [2.05, 4.69) is 5.32 Å². The molecule has 1 atom stereocenters. The predicted octanol–water partition coefficient (Wildman–Crippen LogP) is 4.06. The molecule has 118 valence electrons. The number of rotatable bonds is 3. The van der Waals surface area contributed by atoms with E-state index >= 15 is 0 Å². The van der Waals surface area contributed by atoms with E-state index < -0.39 is 23.7 Å². The Balaban J connectivity index is 2.04. The van der Waals surface area contributed by atoms with Crippen LogP contribution in [0.5, 0.6) is 0 Å². The highest BCUT2D eigenvalue weighted by Crippen LogP contribution is 2.46. The molecule has 2 N–H and O–H groups in total. The van der Waals surface area contributed by atoms with Crippen LogP contribution in [0.4, 0.5) is 5.69 Å². The van der Waals surface area contributed by atoms with Crippen molar-refractivity contribution in [3.8, 4) is 0 Å². The molecule has 1 amide bonds. The molecule has 0 fully saturated rings. The largest absolute Gasteiger partial charge is 0.375 e. The molecule has 2 aromatic rings. The van der Waals surface area contributed by atoms with Gasteiger partial charge in [0.15, 0.2) is 11.4 Å². The lowest BCUT2D eigenvalue weighted by atomic mass is 9.88. The third-order valence-corrected chi connectivity index (χ3v) is 4.68. The van der Waals surface area contributed by atoms with E-state index in [1.165, 1.54) is 18.2 Å². The quantitative estimate of drug-likeness (QED) is 0.801. The van der Waals surface area contributed by atoms with Crippen molar-refractivity contribution in [3.63, 3.8) is 0 Å². The fraction of sp³-hybridized carbons (Fsp3) is 0.125. The van der Waals surface area contributed by atoms with Gasteiger partial charge in [-0.05, 0) is 24.3 Å². The summed E-state index contributed by atoms with van der Waals surface area (Å²) in [6.07, 6.45) is -0.490. The van der Waals surface area contributed by atoms with E-state index in [0.29, 0.717) is 0 Å². The summed E-state index contributed by atoms with van der Waals surface area (Å²) in [6.45, 7) is 0. The molecule has 0 radical (unpaired) electrons. The van der Waals surface area contributed by atoms with Crippen molar-refractivity contribution in [1.82, 2.24) is 0 Å². The minimum atomic E-state index is -2.09. The molecule has 0 aromatic heterocycles. The van der Waals surface area contributed by atoms with Gasteiger partial charge in [-0.15, -0.1) is 0 Å². The Morgan fingerprint density at radius 1 is 1.04 bits per heavy atom. The van der Waals surface area contributed by atoms with Crippen molar-refractivity contribution in [2.45, 2.75) is 12.0 Å². The smallest absolute Gasteiger partial charge is 0.261 e. The first-order chi connectivity index (χ1) is 10.8. The van der Waals surface area contributed by atoms with Gasteiger partial charge in [0.05, 0.1) is 22.2 Å². The fourth-order valence-corrected chi connectivity index (χ4v) is 3.35. The molecule has 1 aliphatic heterocycles. The van der Waals surface area contributed by atoms with Crippen molar-refractivity contribution < 1.29 is 14.7 Å². The van der Waals surface area contributed by atoms with Gasteiger partial charge in [0.25, 0.3) is 5.91 Å². The third kappa shape index (κ3) is 2.62. The Hall–Kier alpha value is -1.59. The zero-order chi connectivity index (χ0) is 16.8. The standard InChI is InChI=1S/C16H10Cl3NO3/c17-9-4-2-1-3-8(9)12(21)7-16(23)13-10(18)5-6-11(19)14(13)20-15(16)22/h1-6,23H,7H2,(H,20,22). The van der Waals surface area contributed by atoms with E-state index in [1.54, 1.807) is 18.2 Å². The number of benzene rings is 2. The Bertz CT molecular complexity index is 837. The number of carbonyl (C=O) groups is 2. The van der Waals surface area contributed by atoms with Gasteiger partial charge >= 0.3 is 0 Å². The normalized spacial score (nSPS) is 19.4. The van der Waals surface area contributed by atoms with Crippen LogP contribution >= 0.6 is 34.8 Å². The molecule has 0 saturated carbocycles. The first kappa shape index (κ1) is 16.3. The second-order valence-corrected chi connectivity index (χ2v) is 6.40. The zero-order valence-electron chi connectivity index (χ0n) is 11.6. The number of hydrogen-bond donors (Lipinski definition) is 2. The first-order valence-electron chi connectivity index (χ1n) is 6.64. The van der Waals surface area contributed by atoms with Gasteiger partial charge in [-0.1, -0.05) is 46.9 Å². The monoisotopic (exact) mass is 369 g/mol. The number of amides is 1. The molecular weight excluding hydrogens is 361 g/mol. The highest BCUT2D eigenvalue weighted by molar-refractivity contribution is 6.38.